The summed E-state index contributed by atoms with van der Waals surface area (Å²) in [5.41, 5.74) is 0.589. The first-order chi connectivity index (χ1) is 11.8. The summed E-state index contributed by atoms with van der Waals surface area (Å²) < 4.78 is 6.68. The Hall–Kier alpha value is -3.16. The molecular formula is C16H16N6O2. The van der Waals surface area contributed by atoms with E-state index >= 15 is 0 Å². The lowest BCUT2D eigenvalue weighted by molar-refractivity contribution is 0.0746. The van der Waals surface area contributed by atoms with Crippen molar-refractivity contribution in [1.82, 2.24) is 24.6 Å². The molecule has 8 heteroatoms. The maximum Gasteiger partial charge on any atom is 0.257 e. The van der Waals surface area contributed by atoms with E-state index in [-0.39, 0.29) is 5.91 Å². The molecule has 1 aliphatic heterocycles. The summed E-state index contributed by atoms with van der Waals surface area (Å²) in [5.74, 6) is 1.57. The van der Waals surface area contributed by atoms with Crippen LogP contribution in [0.3, 0.4) is 0 Å². The molecule has 0 spiro atoms. The fourth-order valence-corrected chi connectivity index (χ4v) is 2.75. The molecule has 8 nitrogen and oxygen atoms in total. The van der Waals surface area contributed by atoms with Crippen molar-refractivity contribution in [3.05, 3.63) is 55.0 Å². The molecule has 1 aliphatic rings. The highest BCUT2D eigenvalue weighted by Crippen LogP contribution is 2.17. The molecule has 1 saturated heterocycles. The molecule has 4 heterocycles. The molecule has 122 valence electrons. The molecular weight excluding hydrogens is 308 g/mol. The van der Waals surface area contributed by atoms with Gasteiger partial charge in [-0.05, 0) is 12.1 Å². The maximum absolute atomic E-state index is 12.3. The Balaban J connectivity index is 1.44. The van der Waals surface area contributed by atoms with Crippen LogP contribution in [0.15, 0.2) is 53.9 Å². The van der Waals surface area contributed by atoms with Crippen molar-refractivity contribution in [3.8, 4) is 5.82 Å². The van der Waals surface area contributed by atoms with Crippen LogP contribution in [-0.2, 0) is 0 Å². The second-order valence-corrected chi connectivity index (χ2v) is 5.48. The van der Waals surface area contributed by atoms with E-state index in [1.165, 1.54) is 18.9 Å². The molecule has 0 bridgehead atoms. The summed E-state index contributed by atoms with van der Waals surface area (Å²) in [6, 6.07) is 5.44. The van der Waals surface area contributed by atoms with Gasteiger partial charge in [-0.2, -0.15) is 5.10 Å². The summed E-state index contributed by atoms with van der Waals surface area (Å²) in [7, 11) is 0. The number of carbonyl (C=O) groups is 1. The molecule has 24 heavy (non-hydrogen) atoms. The fraction of sp³-hybridized carbons (Fsp3) is 0.250. The number of hydrogen-bond acceptors (Lipinski definition) is 6. The van der Waals surface area contributed by atoms with E-state index in [0.717, 1.165) is 24.7 Å². The van der Waals surface area contributed by atoms with Crippen LogP contribution in [0.2, 0.25) is 0 Å². The van der Waals surface area contributed by atoms with E-state index in [0.29, 0.717) is 18.7 Å². The normalized spacial score (nSPS) is 14.8. The van der Waals surface area contributed by atoms with Crippen LogP contribution >= 0.6 is 0 Å². The Labute approximate surface area is 138 Å². The second-order valence-electron chi connectivity index (χ2n) is 5.48. The van der Waals surface area contributed by atoms with Gasteiger partial charge < -0.3 is 14.2 Å². The lowest BCUT2D eigenvalue weighted by Crippen LogP contribution is -2.49. The number of nitrogens with zero attached hydrogens (tertiary/aromatic N) is 6. The van der Waals surface area contributed by atoms with E-state index < -0.39 is 0 Å². The number of hydrogen-bond donors (Lipinski definition) is 0. The number of rotatable bonds is 3. The van der Waals surface area contributed by atoms with Gasteiger partial charge in [-0.15, -0.1) is 0 Å². The van der Waals surface area contributed by atoms with Gasteiger partial charge in [-0.3, -0.25) is 4.79 Å². The summed E-state index contributed by atoms with van der Waals surface area (Å²) in [6.07, 6.45) is 8.09. The van der Waals surface area contributed by atoms with Crippen LogP contribution in [0.25, 0.3) is 5.82 Å². The molecule has 4 rings (SSSR count). The smallest absolute Gasteiger partial charge is 0.257 e. The van der Waals surface area contributed by atoms with Gasteiger partial charge in [0.2, 0.25) is 0 Å². The van der Waals surface area contributed by atoms with Crippen LogP contribution in [0.1, 0.15) is 10.4 Å². The van der Waals surface area contributed by atoms with Gasteiger partial charge in [0.05, 0.1) is 11.8 Å². The van der Waals surface area contributed by atoms with E-state index in [2.05, 4.69) is 20.0 Å². The van der Waals surface area contributed by atoms with Crippen molar-refractivity contribution < 1.29 is 9.21 Å². The zero-order chi connectivity index (χ0) is 16.4. The molecule has 0 saturated carbocycles. The van der Waals surface area contributed by atoms with Crippen molar-refractivity contribution in [2.24, 2.45) is 0 Å². The van der Waals surface area contributed by atoms with E-state index in [1.807, 2.05) is 23.2 Å². The van der Waals surface area contributed by atoms with E-state index in [4.69, 9.17) is 4.42 Å². The monoisotopic (exact) mass is 324 g/mol. The van der Waals surface area contributed by atoms with Crippen LogP contribution in [-0.4, -0.2) is 56.7 Å². The predicted molar refractivity (Wildman–Crippen MR) is 86.0 cm³/mol. The Morgan fingerprint density at radius 3 is 2.67 bits per heavy atom. The molecule has 1 amide bonds. The molecule has 0 N–H and O–H groups in total. The van der Waals surface area contributed by atoms with Crippen LogP contribution < -0.4 is 4.90 Å². The zero-order valence-corrected chi connectivity index (χ0v) is 12.9. The average molecular weight is 324 g/mol. The molecule has 0 unspecified atom stereocenters. The third kappa shape index (κ3) is 2.73. The van der Waals surface area contributed by atoms with Crippen LogP contribution in [0, 0.1) is 0 Å². The number of piperazine rings is 1. The summed E-state index contributed by atoms with van der Waals surface area (Å²) >= 11 is 0. The SMILES string of the molecule is O=C(c1ccoc1)N1CCN(c2cc(-n3cccn3)ncn2)CC1. The first-order valence-corrected chi connectivity index (χ1v) is 7.70. The molecule has 0 radical (unpaired) electrons. The molecule has 0 aliphatic carbocycles. The Morgan fingerprint density at radius 2 is 1.96 bits per heavy atom. The minimum atomic E-state index is 0.00307. The van der Waals surface area contributed by atoms with Gasteiger partial charge in [0.15, 0.2) is 5.82 Å². The number of aromatic nitrogens is 4. The van der Waals surface area contributed by atoms with Gasteiger partial charge in [-0.1, -0.05) is 0 Å². The van der Waals surface area contributed by atoms with Crippen molar-refractivity contribution in [2.75, 3.05) is 31.1 Å². The standard InChI is InChI=1S/C16H16N6O2/c23-16(13-2-9-24-11-13)21-7-5-20(6-8-21)14-10-15(18-12-17-14)22-4-1-3-19-22/h1-4,9-12H,5-8H2. The largest absolute Gasteiger partial charge is 0.472 e. The Bertz CT molecular complexity index is 807. The lowest BCUT2D eigenvalue weighted by Gasteiger charge is -2.35. The van der Waals surface area contributed by atoms with Crippen molar-refractivity contribution in [1.29, 1.82) is 0 Å². The predicted octanol–water partition coefficient (Wildman–Crippen LogP) is 1.22. The lowest BCUT2D eigenvalue weighted by atomic mass is 10.2. The highest BCUT2D eigenvalue weighted by Gasteiger charge is 2.23. The van der Waals surface area contributed by atoms with Gasteiger partial charge in [0, 0.05) is 44.6 Å². The second kappa shape index (κ2) is 6.15. The molecule has 0 atom stereocenters. The number of furan rings is 1. The minimum Gasteiger partial charge on any atom is -0.472 e. The summed E-state index contributed by atoms with van der Waals surface area (Å²) in [6.45, 7) is 2.73. The van der Waals surface area contributed by atoms with Crippen molar-refractivity contribution in [2.45, 2.75) is 0 Å². The first kappa shape index (κ1) is 14.4. The third-order valence-corrected chi connectivity index (χ3v) is 4.04. The highest BCUT2D eigenvalue weighted by molar-refractivity contribution is 5.94. The number of anilines is 1. The number of amides is 1. The average Bonchev–Trinajstić information content (AvgIpc) is 3.35. The van der Waals surface area contributed by atoms with Crippen LogP contribution in [0.4, 0.5) is 5.82 Å². The van der Waals surface area contributed by atoms with Crippen LogP contribution in [0.5, 0.6) is 0 Å². The highest BCUT2D eigenvalue weighted by atomic mass is 16.3. The molecule has 3 aromatic rings. The van der Waals surface area contributed by atoms with E-state index in [9.17, 15) is 4.79 Å². The van der Waals surface area contributed by atoms with Gasteiger partial charge in [-0.25, -0.2) is 14.6 Å². The molecule has 0 aromatic carbocycles. The topological polar surface area (TPSA) is 80.3 Å². The molecule has 1 fully saturated rings. The molecule has 3 aromatic heterocycles. The summed E-state index contributed by atoms with van der Waals surface area (Å²) in [5, 5.41) is 4.18. The van der Waals surface area contributed by atoms with E-state index in [1.54, 1.807) is 16.9 Å². The number of carbonyl (C=O) groups excluding carboxylic acids is 1. The van der Waals surface area contributed by atoms with Crippen molar-refractivity contribution in [3.63, 3.8) is 0 Å². The zero-order valence-electron chi connectivity index (χ0n) is 12.9. The van der Waals surface area contributed by atoms with Gasteiger partial charge in [0.25, 0.3) is 5.91 Å². The minimum absolute atomic E-state index is 0.00307. The Morgan fingerprint density at radius 1 is 1.12 bits per heavy atom. The fourth-order valence-electron chi connectivity index (χ4n) is 2.75. The van der Waals surface area contributed by atoms with Crippen molar-refractivity contribution >= 4 is 11.7 Å². The van der Waals surface area contributed by atoms with Gasteiger partial charge in [0.1, 0.15) is 18.4 Å². The first-order valence-electron chi connectivity index (χ1n) is 7.70. The van der Waals surface area contributed by atoms with Gasteiger partial charge >= 0.3 is 0 Å². The maximum atomic E-state index is 12.3. The quantitative estimate of drug-likeness (QED) is 0.720. The Kier molecular flexibility index (Phi) is 3.70. The third-order valence-electron chi connectivity index (χ3n) is 4.04. The summed E-state index contributed by atoms with van der Waals surface area (Å²) in [4.78, 5) is 24.9.